The van der Waals surface area contributed by atoms with Crippen LogP contribution >= 0.6 is 0 Å². The summed E-state index contributed by atoms with van der Waals surface area (Å²) < 4.78 is 0. The number of hydrogen-bond acceptors (Lipinski definition) is 0. The van der Waals surface area contributed by atoms with Crippen LogP contribution in [0.2, 0.25) is 0 Å². The van der Waals surface area contributed by atoms with Gasteiger partial charge < -0.3 is 0 Å². The molecule has 1 aliphatic rings. The van der Waals surface area contributed by atoms with Gasteiger partial charge in [-0.1, -0.05) is 24.3 Å². The fourth-order valence-electron chi connectivity index (χ4n) is 0.393. The first-order chi connectivity index (χ1) is 2.50. The van der Waals surface area contributed by atoms with Crippen molar-refractivity contribution < 1.29 is 35.8 Å². The maximum Gasteiger partial charge on any atom is 0 e. The molecule has 0 amide bonds. The van der Waals surface area contributed by atoms with Gasteiger partial charge in [-0.25, -0.2) is 0 Å². The fourth-order valence-corrected chi connectivity index (χ4v) is 0.393. The Balaban J connectivity index is -0.0000000312. The van der Waals surface area contributed by atoms with Gasteiger partial charge in [-0.2, -0.15) is 0 Å². The molecular weight excluding hydrogens is 165 g/mol. The van der Waals surface area contributed by atoms with Crippen molar-refractivity contribution in [2.24, 2.45) is 0 Å². The van der Waals surface area contributed by atoms with Crippen molar-refractivity contribution in [2.45, 2.75) is 6.42 Å². The van der Waals surface area contributed by atoms with Gasteiger partial charge in [0.25, 0.3) is 0 Å². The number of hydrogen-bond donors (Lipinski definition) is 0. The maximum absolute atomic E-state index is 2.12. The molecule has 0 unspecified atom stereocenters. The first-order valence-corrected chi connectivity index (χ1v) is 1.82. The van der Waals surface area contributed by atoms with E-state index in [-0.39, 0.29) is 35.8 Å². The van der Waals surface area contributed by atoms with Gasteiger partial charge in [-0.3, -0.25) is 14.1 Å². The fraction of sp³-hybridized carbons (Fsp3) is 0.200. The van der Waals surface area contributed by atoms with Crippen LogP contribution in [0.4, 0.5) is 14.1 Å². The second-order valence-electron chi connectivity index (χ2n) is 1.09. The Bertz CT molecular complexity index is 70.3. The molecule has 0 aromatic carbocycles. The minimum absolute atomic E-state index is 0. The van der Waals surface area contributed by atoms with Gasteiger partial charge >= 0.3 is 0 Å². The molecule has 0 atom stereocenters. The second kappa shape index (κ2) is 15.7. The van der Waals surface area contributed by atoms with Crippen LogP contribution in [-0.2, 0) is 21.7 Å². The molecule has 0 aromatic heterocycles. The summed E-state index contributed by atoms with van der Waals surface area (Å²) in [5, 5.41) is 0. The van der Waals surface area contributed by atoms with Gasteiger partial charge in [-0.05, 0) is 6.42 Å². The van der Waals surface area contributed by atoms with Crippen LogP contribution in [0.1, 0.15) is 6.42 Å². The summed E-state index contributed by atoms with van der Waals surface area (Å²) >= 11 is 0. The third-order valence-electron chi connectivity index (χ3n) is 0.655. The van der Waals surface area contributed by atoms with Crippen LogP contribution in [0.25, 0.3) is 0 Å². The third-order valence-corrected chi connectivity index (χ3v) is 0.655. The number of rotatable bonds is 0. The quantitative estimate of drug-likeness (QED) is 0.492. The standard InChI is InChI=1S/C5H6.3FH.Ti/c1-2-4-5-3-1;;;;/h1-4H,5H2;3*1H;. The van der Waals surface area contributed by atoms with Gasteiger partial charge in [0.2, 0.25) is 0 Å². The Labute approximate surface area is 67.0 Å². The van der Waals surface area contributed by atoms with Crippen molar-refractivity contribution in [1.82, 2.24) is 0 Å². The molecule has 0 saturated carbocycles. The summed E-state index contributed by atoms with van der Waals surface area (Å²) in [5.74, 6) is 0. The van der Waals surface area contributed by atoms with E-state index in [1.807, 2.05) is 0 Å². The summed E-state index contributed by atoms with van der Waals surface area (Å²) in [6, 6.07) is 0. The first-order valence-electron chi connectivity index (χ1n) is 1.82. The van der Waals surface area contributed by atoms with Gasteiger partial charge in [0.15, 0.2) is 0 Å². The summed E-state index contributed by atoms with van der Waals surface area (Å²) in [6.45, 7) is 0. The SMILES string of the molecule is C1=CCC=C1.F.F.F.[Ti]. The summed E-state index contributed by atoms with van der Waals surface area (Å²) in [4.78, 5) is 0. The van der Waals surface area contributed by atoms with E-state index in [9.17, 15) is 0 Å². The molecule has 9 heavy (non-hydrogen) atoms. The van der Waals surface area contributed by atoms with Crippen molar-refractivity contribution in [2.75, 3.05) is 0 Å². The van der Waals surface area contributed by atoms with Crippen molar-refractivity contribution in [3.8, 4) is 0 Å². The first kappa shape index (κ1) is 23.1. The normalized spacial score (nSPS) is 9.78. The Morgan fingerprint density at radius 3 is 1.22 bits per heavy atom. The summed E-state index contributed by atoms with van der Waals surface area (Å²) in [6.07, 6.45) is 9.50. The van der Waals surface area contributed by atoms with Crippen LogP contribution in [0.5, 0.6) is 0 Å². The van der Waals surface area contributed by atoms with Crippen molar-refractivity contribution in [3.63, 3.8) is 0 Å². The van der Waals surface area contributed by atoms with E-state index in [2.05, 4.69) is 24.3 Å². The van der Waals surface area contributed by atoms with Crippen LogP contribution in [0.15, 0.2) is 24.3 Å². The van der Waals surface area contributed by atoms with Crippen LogP contribution in [-0.4, -0.2) is 0 Å². The van der Waals surface area contributed by atoms with E-state index < -0.39 is 0 Å². The van der Waals surface area contributed by atoms with Crippen LogP contribution < -0.4 is 0 Å². The van der Waals surface area contributed by atoms with Gasteiger partial charge in [0.05, 0.1) is 0 Å². The molecule has 0 bridgehead atoms. The predicted octanol–water partition coefficient (Wildman–Crippen LogP) is 1.96. The zero-order valence-electron chi connectivity index (χ0n) is 4.74. The van der Waals surface area contributed by atoms with E-state index in [1.165, 1.54) is 0 Å². The van der Waals surface area contributed by atoms with E-state index in [4.69, 9.17) is 0 Å². The molecule has 0 spiro atoms. The maximum atomic E-state index is 2.12. The average Bonchev–Trinajstić information content (AvgIpc) is 1.76. The number of allylic oxidation sites excluding steroid dienone is 4. The predicted molar refractivity (Wildman–Crippen MR) is 30.4 cm³/mol. The molecule has 54 valence electrons. The minimum Gasteiger partial charge on any atom is -0.269 e. The molecule has 0 aliphatic heterocycles. The van der Waals surface area contributed by atoms with Gasteiger partial charge in [0, 0.05) is 21.7 Å². The van der Waals surface area contributed by atoms with E-state index in [0.717, 1.165) is 6.42 Å². The molecule has 1 aliphatic carbocycles. The largest absolute Gasteiger partial charge is 0.269 e. The van der Waals surface area contributed by atoms with Gasteiger partial charge in [-0.15, -0.1) is 0 Å². The molecule has 0 heterocycles. The minimum atomic E-state index is 0. The van der Waals surface area contributed by atoms with E-state index in [0.29, 0.717) is 0 Å². The average molecular weight is 174 g/mol. The molecule has 0 fully saturated rings. The molecule has 0 radical (unpaired) electrons. The van der Waals surface area contributed by atoms with Gasteiger partial charge in [0.1, 0.15) is 0 Å². The molecule has 0 nitrogen and oxygen atoms in total. The molecular formula is C5H9F3Ti. The van der Waals surface area contributed by atoms with Crippen molar-refractivity contribution in [3.05, 3.63) is 24.3 Å². The molecule has 4 heteroatoms. The third kappa shape index (κ3) is 11.5. The molecule has 0 saturated heterocycles. The van der Waals surface area contributed by atoms with Crippen molar-refractivity contribution >= 4 is 0 Å². The number of halogens is 3. The Morgan fingerprint density at radius 1 is 0.778 bits per heavy atom. The smallest absolute Gasteiger partial charge is 0 e. The zero-order valence-corrected chi connectivity index (χ0v) is 6.30. The zero-order chi connectivity index (χ0) is 3.54. The van der Waals surface area contributed by atoms with Crippen molar-refractivity contribution in [1.29, 1.82) is 0 Å². The topological polar surface area (TPSA) is 0 Å². The molecule has 0 N–H and O–H groups in total. The van der Waals surface area contributed by atoms with E-state index >= 15 is 0 Å². The van der Waals surface area contributed by atoms with Crippen LogP contribution in [0, 0.1) is 0 Å². The van der Waals surface area contributed by atoms with E-state index in [1.54, 1.807) is 0 Å². The second-order valence-corrected chi connectivity index (χ2v) is 1.09. The summed E-state index contributed by atoms with van der Waals surface area (Å²) in [5.41, 5.74) is 0. The Hall–Kier alpha value is -0.0157. The molecule has 1 rings (SSSR count). The summed E-state index contributed by atoms with van der Waals surface area (Å²) in [7, 11) is 0. The molecule has 0 aromatic rings. The van der Waals surface area contributed by atoms with Crippen LogP contribution in [0.3, 0.4) is 0 Å². The Kier molecular flexibility index (Phi) is 40.2. The monoisotopic (exact) mass is 174 g/mol. The Morgan fingerprint density at radius 2 is 1.11 bits per heavy atom.